The quantitative estimate of drug-likeness (QED) is 0.864. The van der Waals surface area contributed by atoms with Crippen LogP contribution in [0.2, 0.25) is 0 Å². The monoisotopic (exact) mass is 239 g/mol. The van der Waals surface area contributed by atoms with Crippen LogP contribution in [-0.4, -0.2) is 17.5 Å². The van der Waals surface area contributed by atoms with Gasteiger partial charge in [-0.1, -0.05) is 18.2 Å². The first-order chi connectivity index (χ1) is 7.77. The molecule has 0 amide bonds. The average molecular weight is 239 g/mol. The van der Waals surface area contributed by atoms with Crippen LogP contribution < -0.4 is 5.32 Å². The maximum Gasteiger partial charge on any atom is 0.127 e. The van der Waals surface area contributed by atoms with Crippen LogP contribution in [0.1, 0.15) is 31.4 Å². The molecule has 1 saturated heterocycles. The van der Waals surface area contributed by atoms with E-state index in [0.29, 0.717) is 5.25 Å². The molecule has 1 fully saturated rings. The molecule has 0 aromatic heterocycles. The first kappa shape index (κ1) is 11.9. The van der Waals surface area contributed by atoms with E-state index in [1.54, 1.807) is 6.07 Å². The highest BCUT2D eigenvalue weighted by Crippen LogP contribution is 2.26. The summed E-state index contributed by atoms with van der Waals surface area (Å²) in [6.07, 6.45) is 2.62. The standard InChI is InChI=1S/C13H18FNS/c1-10(12-6-2-3-7-13(12)14)15-9-11-5-4-8-16-11/h2-3,6-7,10-11,15H,4-5,8-9H2,1H3. The SMILES string of the molecule is CC(NCC1CCCS1)c1ccccc1F. The van der Waals surface area contributed by atoms with Crippen LogP contribution in [0.25, 0.3) is 0 Å². The van der Waals surface area contributed by atoms with Crippen LogP contribution in [-0.2, 0) is 0 Å². The van der Waals surface area contributed by atoms with Gasteiger partial charge >= 0.3 is 0 Å². The van der Waals surface area contributed by atoms with E-state index in [0.717, 1.165) is 12.1 Å². The third-order valence-electron chi connectivity index (χ3n) is 3.05. The van der Waals surface area contributed by atoms with Crippen molar-refractivity contribution in [2.24, 2.45) is 0 Å². The third-order valence-corrected chi connectivity index (χ3v) is 4.45. The van der Waals surface area contributed by atoms with Crippen molar-refractivity contribution in [3.8, 4) is 0 Å². The van der Waals surface area contributed by atoms with Gasteiger partial charge in [-0.05, 0) is 31.6 Å². The molecule has 1 aromatic rings. The van der Waals surface area contributed by atoms with E-state index in [1.807, 2.05) is 30.8 Å². The number of benzene rings is 1. The minimum Gasteiger partial charge on any atom is -0.309 e. The zero-order valence-electron chi connectivity index (χ0n) is 9.58. The van der Waals surface area contributed by atoms with E-state index in [1.165, 1.54) is 24.7 Å². The lowest BCUT2D eigenvalue weighted by Crippen LogP contribution is -2.26. The van der Waals surface area contributed by atoms with Crippen molar-refractivity contribution < 1.29 is 4.39 Å². The van der Waals surface area contributed by atoms with Crippen LogP contribution in [0.15, 0.2) is 24.3 Å². The van der Waals surface area contributed by atoms with E-state index in [2.05, 4.69) is 5.32 Å². The summed E-state index contributed by atoms with van der Waals surface area (Å²) in [5.41, 5.74) is 0.769. The van der Waals surface area contributed by atoms with Crippen LogP contribution in [0.4, 0.5) is 4.39 Å². The molecular formula is C13H18FNS. The highest BCUT2D eigenvalue weighted by Gasteiger charge is 2.17. The molecule has 0 bridgehead atoms. The maximum absolute atomic E-state index is 13.5. The summed E-state index contributed by atoms with van der Waals surface area (Å²) in [5.74, 6) is 1.17. The largest absolute Gasteiger partial charge is 0.309 e. The van der Waals surface area contributed by atoms with Crippen molar-refractivity contribution in [3.05, 3.63) is 35.6 Å². The second kappa shape index (κ2) is 5.69. The fourth-order valence-electron chi connectivity index (χ4n) is 2.05. The van der Waals surface area contributed by atoms with Crippen molar-refractivity contribution in [2.45, 2.75) is 31.1 Å². The average Bonchev–Trinajstić information content (AvgIpc) is 2.79. The number of halogens is 1. The molecule has 1 aliphatic rings. The summed E-state index contributed by atoms with van der Waals surface area (Å²) in [4.78, 5) is 0. The Kier molecular flexibility index (Phi) is 4.24. The van der Waals surface area contributed by atoms with E-state index in [4.69, 9.17) is 0 Å². The molecule has 1 aliphatic heterocycles. The van der Waals surface area contributed by atoms with Gasteiger partial charge < -0.3 is 5.32 Å². The van der Waals surface area contributed by atoms with Gasteiger partial charge in [0.25, 0.3) is 0 Å². The topological polar surface area (TPSA) is 12.0 Å². The second-order valence-corrected chi connectivity index (χ2v) is 5.69. The van der Waals surface area contributed by atoms with Gasteiger partial charge in [0.05, 0.1) is 0 Å². The Bertz CT molecular complexity index is 336. The Labute approximate surface area is 101 Å². The van der Waals surface area contributed by atoms with Gasteiger partial charge in [0, 0.05) is 23.4 Å². The smallest absolute Gasteiger partial charge is 0.127 e. The summed E-state index contributed by atoms with van der Waals surface area (Å²) in [5, 5.41) is 4.14. The van der Waals surface area contributed by atoms with Crippen LogP contribution >= 0.6 is 11.8 Å². The molecule has 1 N–H and O–H groups in total. The number of nitrogens with one attached hydrogen (secondary N) is 1. The van der Waals surface area contributed by atoms with Crippen LogP contribution in [0, 0.1) is 5.82 Å². The molecule has 2 unspecified atom stereocenters. The fourth-order valence-corrected chi connectivity index (χ4v) is 3.26. The molecule has 2 atom stereocenters. The first-order valence-electron chi connectivity index (χ1n) is 5.87. The van der Waals surface area contributed by atoms with Gasteiger partial charge in [-0.25, -0.2) is 4.39 Å². The van der Waals surface area contributed by atoms with E-state index in [9.17, 15) is 4.39 Å². The van der Waals surface area contributed by atoms with Crippen molar-refractivity contribution >= 4 is 11.8 Å². The summed E-state index contributed by atoms with van der Waals surface area (Å²) >= 11 is 2.03. The molecule has 1 heterocycles. The van der Waals surface area contributed by atoms with Crippen molar-refractivity contribution in [3.63, 3.8) is 0 Å². The lowest BCUT2D eigenvalue weighted by molar-refractivity contribution is 0.522. The van der Waals surface area contributed by atoms with Crippen LogP contribution in [0.3, 0.4) is 0 Å². The predicted octanol–water partition coefficient (Wildman–Crippen LogP) is 3.37. The molecular weight excluding hydrogens is 221 g/mol. The number of hydrogen-bond acceptors (Lipinski definition) is 2. The first-order valence-corrected chi connectivity index (χ1v) is 6.91. The minimum absolute atomic E-state index is 0.0994. The lowest BCUT2D eigenvalue weighted by Gasteiger charge is -2.17. The fraction of sp³-hybridized carbons (Fsp3) is 0.538. The Morgan fingerprint density at radius 3 is 3.00 bits per heavy atom. The molecule has 1 nitrogen and oxygen atoms in total. The zero-order valence-corrected chi connectivity index (χ0v) is 10.4. The molecule has 3 heteroatoms. The van der Waals surface area contributed by atoms with Crippen molar-refractivity contribution in [2.75, 3.05) is 12.3 Å². The maximum atomic E-state index is 13.5. The Balaban J connectivity index is 1.87. The number of thioether (sulfide) groups is 1. The molecule has 0 aliphatic carbocycles. The summed E-state index contributed by atoms with van der Waals surface area (Å²) < 4.78 is 13.5. The molecule has 16 heavy (non-hydrogen) atoms. The highest BCUT2D eigenvalue weighted by atomic mass is 32.2. The molecule has 0 radical (unpaired) electrons. The Hall–Kier alpha value is -0.540. The van der Waals surface area contributed by atoms with Gasteiger partial charge in [0.2, 0.25) is 0 Å². The summed E-state index contributed by atoms with van der Waals surface area (Å²) in [7, 11) is 0. The molecule has 0 saturated carbocycles. The van der Waals surface area contributed by atoms with E-state index >= 15 is 0 Å². The number of hydrogen-bond donors (Lipinski definition) is 1. The van der Waals surface area contributed by atoms with Gasteiger partial charge in [-0.2, -0.15) is 11.8 Å². The normalized spacial score (nSPS) is 22.2. The van der Waals surface area contributed by atoms with E-state index in [-0.39, 0.29) is 11.9 Å². The Morgan fingerprint density at radius 2 is 2.31 bits per heavy atom. The molecule has 1 aromatic carbocycles. The van der Waals surface area contributed by atoms with E-state index < -0.39 is 0 Å². The third kappa shape index (κ3) is 2.98. The zero-order chi connectivity index (χ0) is 11.4. The number of rotatable bonds is 4. The lowest BCUT2D eigenvalue weighted by atomic mass is 10.1. The molecule has 88 valence electrons. The van der Waals surface area contributed by atoms with Gasteiger partial charge in [0.1, 0.15) is 5.82 Å². The van der Waals surface area contributed by atoms with Crippen molar-refractivity contribution in [1.82, 2.24) is 5.32 Å². The second-order valence-electron chi connectivity index (χ2n) is 4.29. The minimum atomic E-state index is -0.110. The van der Waals surface area contributed by atoms with Gasteiger partial charge in [-0.3, -0.25) is 0 Å². The summed E-state index contributed by atoms with van der Waals surface area (Å²) in [6.45, 7) is 3.01. The van der Waals surface area contributed by atoms with Crippen LogP contribution in [0.5, 0.6) is 0 Å². The Morgan fingerprint density at radius 1 is 1.50 bits per heavy atom. The molecule has 2 rings (SSSR count). The molecule has 0 spiro atoms. The highest BCUT2D eigenvalue weighted by molar-refractivity contribution is 8.00. The summed E-state index contributed by atoms with van der Waals surface area (Å²) in [6, 6.07) is 7.11. The van der Waals surface area contributed by atoms with Crippen molar-refractivity contribution in [1.29, 1.82) is 0 Å². The predicted molar refractivity (Wildman–Crippen MR) is 68.3 cm³/mol. The van der Waals surface area contributed by atoms with Gasteiger partial charge in [0.15, 0.2) is 0 Å². The van der Waals surface area contributed by atoms with Gasteiger partial charge in [-0.15, -0.1) is 0 Å².